The second-order valence-electron chi connectivity index (χ2n) is 5.86. The molecule has 0 bridgehead atoms. The first kappa shape index (κ1) is 15.9. The Bertz CT molecular complexity index is 792. The Morgan fingerprint density at radius 1 is 0.955 bits per heavy atom. The lowest BCUT2D eigenvalue weighted by atomic mass is 9.81. The number of hydrogen-bond acceptors (Lipinski definition) is 4. The third-order valence-electron chi connectivity index (χ3n) is 3.73. The lowest BCUT2D eigenvalue weighted by Gasteiger charge is -2.24. The number of aromatic amines is 2. The molecule has 6 nitrogen and oxygen atoms in total. The van der Waals surface area contributed by atoms with Gasteiger partial charge in [0, 0.05) is 28.9 Å². The van der Waals surface area contributed by atoms with Gasteiger partial charge in [0.15, 0.2) is 0 Å². The molecule has 4 N–H and O–H groups in total. The van der Waals surface area contributed by atoms with Gasteiger partial charge in [-0.25, -0.2) is 0 Å². The van der Waals surface area contributed by atoms with Gasteiger partial charge in [0.25, 0.3) is 11.1 Å². The van der Waals surface area contributed by atoms with Crippen molar-refractivity contribution in [1.82, 2.24) is 9.97 Å². The molecule has 118 valence electrons. The number of hydrogen-bond donors (Lipinski definition) is 4. The van der Waals surface area contributed by atoms with Crippen molar-refractivity contribution in [2.75, 3.05) is 0 Å². The van der Waals surface area contributed by atoms with Crippen LogP contribution >= 0.6 is 0 Å². The van der Waals surface area contributed by atoms with Gasteiger partial charge >= 0.3 is 0 Å². The van der Waals surface area contributed by atoms with Gasteiger partial charge in [0.2, 0.25) is 0 Å². The first-order valence-electron chi connectivity index (χ1n) is 7.08. The molecule has 0 aliphatic rings. The molecule has 0 radical (unpaired) electrons. The van der Waals surface area contributed by atoms with Crippen molar-refractivity contribution < 1.29 is 10.2 Å². The highest BCUT2D eigenvalue weighted by molar-refractivity contribution is 5.47. The average Bonchev–Trinajstić information content (AvgIpc) is 2.34. The fraction of sp³-hybridized carbons (Fsp3) is 0.375. The molecule has 0 aliphatic carbocycles. The lowest BCUT2D eigenvalue weighted by Crippen LogP contribution is -2.23. The molecule has 0 saturated heterocycles. The van der Waals surface area contributed by atoms with Crippen molar-refractivity contribution >= 4 is 0 Å². The van der Waals surface area contributed by atoms with Crippen molar-refractivity contribution in [2.45, 2.75) is 33.6 Å². The molecule has 0 amide bonds. The van der Waals surface area contributed by atoms with Gasteiger partial charge in [-0.1, -0.05) is 13.8 Å². The van der Waals surface area contributed by atoms with Gasteiger partial charge in [-0.15, -0.1) is 0 Å². The van der Waals surface area contributed by atoms with Gasteiger partial charge < -0.3 is 20.2 Å². The molecule has 0 aromatic carbocycles. The van der Waals surface area contributed by atoms with E-state index in [4.69, 9.17) is 0 Å². The van der Waals surface area contributed by atoms with E-state index in [-0.39, 0.29) is 23.0 Å². The van der Waals surface area contributed by atoms with Crippen molar-refractivity contribution in [3.05, 3.63) is 55.4 Å². The third kappa shape index (κ3) is 2.77. The minimum atomic E-state index is -0.541. The molecule has 1 atom stereocenters. The maximum Gasteiger partial charge on any atom is 0.255 e. The summed E-state index contributed by atoms with van der Waals surface area (Å²) in [5, 5.41) is 20.4. The highest BCUT2D eigenvalue weighted by atomic mass is 16.3. The Morgan fingerprint density at radius 3 is 2.05 bits per heavy atom. The molecule has 0 spiro atoms. The lowest BCUT2D eigenvalue weighted by molar-refractivity contribution is 0.429. The van der Waals surface area contributed by atoms with E-state index in [0.29, 0.717) is 17.0 Å². The summed E-state index contributed by atoms with van der Waals surface area (Å²) in [7, 11) is 0. The van der Waals surface area contributed by atoms with Gasteiger partial charge in [-0.05, 0) is 25.8 Å². The van der Waals surface area contributed by atoms with Crippen LogP contribution in [-0.2, 0) is 0 Å². The first-order valence-corrected chi connectivity index (χ1v) is 7.08. The molecular formula is C16H20N2O4. The zero-order valence-corrected chi connectivity index (χ0v) is 13.0. The number of H-pyrrole nitrogens is 2. The molecule has 2 rings (SSSR count). The van der Waals surface area contributed by atoms with Crippen LogP contribution in [0.15, 0.2) is 21.7 Å². The van der Waals surface area contributed by atoms with E-state index in [1.807, 2.05) is 13.8 Å². The number of aromatic hydroxyl groups is 2. The predicted octanol–water partition coefficient (Wildman–Crippen LogP) is 1.88. The maximum absolute atomic E-state index is 12.3. The van der Waals surface area contributed by atoms with E-state index in [1.165, 1.54) is 6.07 Å². The standard InChI is InChI=1S/C16H20N2O4/c1-7(2)13(14-9(4)18-12(21)6-11(14)20)15-10(19)5-8(3)17-16(15)22/h5-7,13H,1-4H3,(H2,17,19,22)(H2,18,20,21). The third-order valence-corrected chi connectivity index (χ3v) is 3.73. The second kappa shape index (κ2) is 5.71. The second-order valence-corrected chi connectivity index (χ2v) is 5.86. The van der Waals surface area contributed by atoms with Crippen LogP contribution < -0.4 is 11.1 Å². The number of aryl methyl sites for hydroxylation is 2. The van der Waals surface area contributed by atoms with Crippen molar-refractivity contribution in [3.8, 4) is 11.5 Å². The van der Waals surface area contributed by atoms with E-state index < -0.39 is 17.0 Å². The van der Waals surface area contributed by atoms with E-state index in [9.17, 15) is 19.8 Å². The van der Waals surface area contributed by atoms with Gasteiger partial charge in [0.1, 0.15) is 11.5 Å². The average molecular weight is 304 g/mol. The highest BCUT2D eigenvalue weighted by Gasteiger charge is 2.29. The smallest absolute Gasteiger partial charge is 0.255 e. The van der Waals surface area contributed by atoms with Crippen molar-refractivity contribution in [1.29, 1.82) is 0 Å². The number of aromatic nitrogens is 2. The Kier molecular flexibility index (Phi) is 4.12. The number of pyridine rings is 2. The van der Waals surface area contributed by atoms with Gasteiger partial charge in [-0.3, -0.25) is 9.59 Å². The van der Waals surface area contributed by atoms with Crippen LogP contribution in [0.2, 0.25) is 0 Å². The normalized spacial score (nSPS) is 12.6. The Hall–Kier alpha value is -2.50. The number of rotatable bonds is 3. The summed E-state index contributed by atoms with van der Waals surface area (Å²) in [6.45, 7) is 7.10. The topological polar surface area (TPSA) is 106 Å². The van der Waals surface area contributed by atoms with Crippen LogP contribution in [0.1, 0.15) is 42.3 Å². The minimum absolute atomic E-state index is 0.0785. The quantitative estimate of drug-likeness (QED) is 0.694. The summed E-state index contributed by atoms with van der Waals surface area (Å²) in [4.78, 5) is 29.0. The Labute approximate surface area is 127 Å². The fourth-order valence-electron chi connectivity index (χ4n) is 2.87. The van der Waals surface area contributed by atoms with E-state index in [0.717, 1.165) is 6.07 Å². The monoisotopic (exact) mass is 304 g/mol. The highest BCUT2D eigenvalue weighted by Crippen LogP contribution is 2.39. The van der Waals surface area contributed by atoms with Crippen molar-refractivity contribution in [3.63, 3.8) is 0 Å². The summed E-state index contributed by atoms with van der Waals surface area (Å²) in [5.41, 5.74) is 0.842. The first-order chi connectivity index (χ1) is 10.2. The molecule has 6 heteroatoms. The van der Waals surface area contributed by atoms with E-state index in [1.54, 1.807) is 13.8 Å². The van der Waals surface area contributed by atoms with Crippen LogP contribution in [0, 0.1) is 19.8 Å². The van der Waals surface area contributed by atoms with Gasteiger partial charge in [-0.2, -0.15) is 0 Å². The fourth-order valence-corrected chi connectivity index (χ4v) is 2.87. The summed E-state index contributed by atoms with van der Waals surface area (Å²) in [5.74, 6) is -0.921. The van der Waals surface area contributed by atoms with Crippen LogP contribution in [0.4, 0.5) is 0 Å². The molecule has 22 heavy (non-hydrogen) atoms. The summed E-state index contributed by atoms with van der Waals surface area (Å²) in [6.07, 6.45) is 0. The summed E-state index contributed by atoms with van der Waals surface area (Å²) in [6, 6.07) is 2.56. The zero-order chi connectivity index (χ0) is 16.6. The predicted molar refractivity (Wildman–Crippen MR) is 83.6 cm³/mol. The largest absolute Gasteiger partial charge is 0.507 e. The molecule has 0 saturated carbocycles. The Balaban J connectivity index is 2.79. The molecule has 0 fully saturated rings. The van der Waals surface area contributed by atoms with Crippen molar-refractivity contribution in [2.24, 2.45) is 5.92 Å². The van der Waals surface area contributed by atoms with Crippen LogP contribution in [-0.4, -0.2) is 20.2 Å². The van der Waals surface area contributed by atoms with Crippen LogP contribution in [0.3, 0.4) is 0 Å². The number of nitrogens with one attached hydrogen (secondary N) is 2. The summed E-state index contributed by atoms with van der Waals surface area (Å²) >= 11 is 0. The molecule has 2 aromatic heterocycles. The molecule has 0 aliphatic heterocycles. The SMILES string of the molecule is Cc1cc(O)c(C(c2c(O)cc(=O)[nH]c2C)C(C)C)c(=O)[nH]1. The van der Waals surface area contributed by atoms with E-state index >= 15 is 0 Å². The molecule has 2 aromatic rings. The summed E-state index contributed by atoms with van der Waals surface area (Å²) < 4.78 is 0. The zero-order valence-electron chi connectivity index (χ0n) is 13.0. The van der Waals surface area contributed by atoms with Crippen LogP contribution in [0.5, 0.6) is 11.5 Å². The molecule has 1 unspecified atom stereocenters. The Morgan fingerprint density at radius 2 is 1.55 bits per heavy atom. The maximum atomic E-state index is 12.3. The van der Waals surface area contributed by atoms with Crippen LogP contribution in [0.25, 0.3) is 0 Å². The van der Waals surface area contributed by atoms with E-state index in [2.05, 4.69) is 9.97 Å². The minimum Gasteiger partial charge on any atom is -0.507 e. The van der Waals surface area contributed by atoms with Gasteiger partial charge in [0.05, 0.1) is 5.56 Å². The molecule has 2 heterocycles. The molecular weight excluding hydrogens is 284 g/mol.